The molecule has 0 fully saturated rings. The highest BCUT2D eigenvalue weighted by Gasteiger charge is 2.10. The van der Waals surface area contributed by atoms with E-state index in [1.807, 2.05) is 19.1 Å². The van der Waals surface area contributed by atoms with Crippen LogP contribution in [0.5, 0.6) is 5.75 Å². The summed E-state index contributed by atoms with van der Waals surface area (Å²) in [6.07, 6.45) is -0.00870. The maximum Gasteiger partial charge on any atom is 0.307 e. The fraction of sp³-hybridized carbons (Fsp3) is 0.231. The smallest absolute Gasteiger partial charge is 0.307 e. The van der Waals surface area contributed by atoms with Gasteiger partial charge in [0.25, 0.3) is 0 Å². The van der Waals surface area contributed by atoms with E-state index in [1.54, 1.807) is 19.2 Å². The summed E-state index contributed by atoms with van der Waals surface area (Å²) in [4.78, 5) is 15.2. The number of aliphatic carboxylic acids is 1. The molecule has 0 spiro atoms. The Bertz CT molecular complexity index is 578. The van der Waals surface area contributed by atoms with Gasteiger partial charge in [-0.05, 0) is 24.6 Å². The highest BCUT2D eigenvalue weighted by Crippen LogP contribution is 2.27. The van der Waals surface area contributed by atoms with Crippen molar-refractivity contribution in [2.45, 2.75) is 13.3 Å². The summed E-state index contributed by atoms with van der Waals surface area (Å²) in [7, 11) is 1.58. The molecule has 0 atom stereocenters. The number of fused-ring (bicyclic) bond motifs is 1. The fourth-order valence-corrected chi connectivity index (χ4v) is 1.83. The number of carbonyl (C=O) groups is 1. The van der Waals surface area contributed by atoms with Gasteiger partial charge in [-0.2, -0.15) is 0 Å². The van der Waals surface area contributed by atoms with Gasteiger partial charge in [0.05, 0.1) is 13.5 Å². The van der Waals surface area contributed by atoms with E-state index in [2.05, 4.69) is 4.98 Å². The Morgan fingerprint density at radius 3 is 2.76 bits per heavy atom. The SMILES string of the molecule is COc1ccc(CC(=O)O)c2ccc(C)nc12. The monoisotopic (exact) mass is 231 g/mol. The Kier molecular flexibility index (Phi) is 2.95. The van der Waals surface area contributed by atoms with E-state index >= 15 is 0 Å². The minimum Gasteiger partial charge on any atom is -0.494 e. The third-order valence-electron chi connectivity index (χ3n) is 2.61. The molecule has 0 aliphatic carbocycles. The summed E-state index contributed by atoms with van der Waals surface area (Å²) >= 11 is 0. The van der Waals surface area contributed by atoms with E-state index < -0.39 is 5.97 Å². The van der Waals surface area contributed by atoms with Gasteiger partial charge in [0.2, 0.25) is 0 Å². The minimum atomic E-state index is -0.850. The summed E-state index contributed by atoms with van der Waals surface area (Å²) in [5.74, 6) is -0.185. The Hall–Kier alpha value is -2.10. The number of carboxylic acid groups (broad SMARTS) is 1. The molecule has 17 heavy (non-hydrogen) atoms. The molecule has 0 saturated heterocycles. The molecule has 0 aliphatic heterocycles. The van der Waals surface area contributed by atoms with Gasteiger partial charge in [-0.25, -0.2) is 4.98 Å². The first-order valence-corrected chi connectivity index (χ1v) is 5.27. The number of pyridine rings is 1. The number of hydrogen-bond acceptors (Lipinski definition) is 3. The van der Waals surface area contributed by atoms with Gasteiger partial charge in [0.15, 0.2) is 0 Å². The molecule has 4 heteroatoms. The lowest BCUT2D eigenvalue weighted by molar-refractivity contribution is -0.136. The number of nitrogens with zero attached hydrogens (tertiary/aromatic N) is 1. The first-order valence-electron chi connectivity index (χ1n) is 5.27. The second-order valence-corrected chi connectivity index (χ2v) is 3.85. The lowest BCUT2D eigenvalue weighted by atomic mass is 10.0. The zero-order valence-electron chi connectivity index (χ0n) is 9.73. The minimum absolute atomic E-state index is 0.00870. The van der Waals surface area contributed by atoms with Crippen molar-refractivity contribution in [2.24, 2.45) is 0 Å². The summed E-state index contributed by atoms with van der Waals surface area (Å²) in [6.45, 7) is 1.89. The third kappa shape index (κ3) is 2.20. The van der Waals surface area contributed by atoms with Crippen molar-refractivity contribution in [1.82, 2.24) is 4.98 Å². The van der Waals surface area contributed by atoms with Gasteiger partial charge < -0.3 is 9.84 Å². The average molecular weight is 231 g/mol. The number of benzene rings is 1. The zero-order chi connectivity index (χ0) is 12.4. The maximum atomic E-state index is 10.8. The number of ether oxygens (including phenoxy) is 1. The van der Waals surface area contributed by atoms with E-state index in [-0.39, 0.29) is 6.42 Å². The standard InChI is InChI=1S/C13H13NO3/c1-8-3-5-10-9(7-12(15)16)4-6-11(17-2)13(10)14-8/h3-6H,7H2,1-2H3,(H,15,16). The Morgan fingerprint density at radius 1 is 1.35 bits per heavy atom. The molecule has 0 saturated carbocycles. The number of methoxy groups -OCH3 is 1. The molecule has 2 aromatic rings. The molecule has 4 nitrogen and oxygen atoms in total. The predicted molar refractivity (Wildman–Crippen MR) is 64.4 cm³/mol. The van der Waals surface area contributed by atoms with Crippen molar-refractivity contribution < 1.29 is 14.6 Å². The van der Waals surface area contributed by atoms with Crippen LogP contribution in [0.25, 0.3) is 10.9 Å². The van der Waals surface area contributed by atoms with E-state index in [0.717, 1.165) is 16.6 Å². The molecule has 0 unspecified atom stereocenters. The van der Waals surface area contributed by atoms with Crippen LogP contribution in [0.2, 0.25) is 0 Å². The van der Waals surface area contributed by atoms with Crippen LogP contribution < -0.4 is 4.74 Å². The Labute approximate surface area is 98.9 Å². The van der Waals surface area contributed by atoms with Gasteiger partial charge in [0.1, 0.15) is 11.3 Å². The summed E-state index contributed by atoms with van der Waals surface area (Å²) < 4.78 is 5.23. The molecule has 0 radical (unpaired) electrons. The van der Waals surface area contributed by atoms with Gasteiger partial charge in [-0.15, -0.1) is 0 Å². The van der Waals surface area contributed by atoms with Gasteiger partial charge in [-0.3, -0.25) is 4.79 Å². The van der Waals surface area contributed by atoms with E-state index in [4.69, 9.17) is 9.84 Å². The predicted octanol–water partition coefficient (Wildman–Crippen LogP) is 2.18. The molecule has 88 valence electrons. The normalized spacial score (nSPS) is 10.5. The molecule has 1 heterocycles. The topological polar surface area (TPSA) is 59.4 Å². The van der Waals surface area contributed by atoms with Gasteiger partial charge in [0, 0.05) is 11.1 Å². The molecule has 1 N–H and O–H groups in total. The quantitative estimate of drug-likeness (QED) is 0.879. The Balaban J connectivity index is 2.68. The molecular formula is C13H13NO3. The second kappa shape index (κ2) is 4.41. The highest BCUT2D eigenvalue weighted by molar-refractivity contribution is 5.90. The number of carboxylic acids is 1. The summed E-state index contributed by atoms with van der Waals surface area (Å²) in [5, 5.41) is 9.69. The fourth-order valence-electron chi connectivity index (χ4n) is 1.83. The van der Waals surface area contributed by atoms with Crippen molar-refractivity contribution in [1.29, 1.82) is 0 Å². The third-order valence-corrected chi connectivity index (χ3v) is 2.61. The average Bonchev–Trinajstić information content (AvgIpc) is 2.28. The van der Waals surface area contributed by atoms with Crippen LogP contribution in [-0.2, 0) is 11.2 Å². The Morgan fingerprint density at radius 2 is 2.12 bits per heavy atom. The molecule has 1 aromatic heterocycles. The molecular weight excluding hydrogens is 218 g/mol. The lowest BCUT2D eigenvalue weighted by Crippen LogP contribution is -2.02. The van der Waals surface area contributed by atoms with Crippen LogP contribution in [0.4, 0.5) is 0 Å². The van der Waals surface area contributed by atoms with Crippen LogP contribution in [0.1, 0.15) is 11.3 Å². The van der Waals surface area contributed by atoms with E-state index in [1.165, 1.54) is 0 Å². The first-order chi connectivity index (χ1) is 8.11. The van der Waals surface area contributed by atoms with Gasteiger partial charge in [-0.1, -0.05) is 12.1 Å². The maximum absolute atomic E-state index is 10.8. The van der Waals surface area contributed by atoms with Crippen LogP contribution >= 0.6 is 0 Å². The van der Waals surface area contributed by atoms with E-state index in [0.29, 0.717) is 11.3 Å². The second-order valence-electron chi connectivity index (χ2n) is 3.85. The molecule has 0 bridgehead atoms. The van der Waals surface area contributed by atoms with Crippen LogP contribution in [0, 0.1) is 6.92 Å². The van der Waals surface area contributed by atoms with Crippen molar-refractivity contribution in [3.8, 4) is 5.75 Å². The van der Waals surface area contributed by atoms with Crippen LogP contribution in [0.3, 0.4) is 0 Å². The molecule has 0 aliphatic rings. The van der Waals surface area contributed by atoms with Crippen LogP contribution in [-0.4, -0.2) is 23.2 Å². The highest BCUT2D eigenvalue weighted by atomic mass is 16.5. The van der Waals surface area contributed by atoms with Crippen molar-refractivity contribution in [3.05, 3.63) is 35.5 Å². The number of rotatable bonds is 3. The number of aryl methyl sites for hydroxylation is 1. The molecule has 0 amide bonds. The summed E-state index contributed by atoms with van der Waals surface area (Å²) in [6, 6.07) is 7.28. The van der Waals surface area contributed by atoms with Crippen molar-refractivity contribution >= 4 is 16.9 Å². The molecule has 2 rings (SSSR count). The first kappa shape index (κ1) is 11.4. The lowest BCUT2D eigenvalue weighted by Gasteiger charge is -2.09. The van der Waals surface area contributed by atoms with Gasteiger partial charge >= 0.3 is 5.97 Å². The number of hydrogen-bond donors (Lipinski definition) is 1. The van der Waals surface area contributed by atoms with E-state index in [9.17, 15) is 4.79 Å². The molecule has 1 aromatic carbocycles. The van der Waals surface area contributed by atoms with Crippen molar-refractivity contribution in [2.75, 3.05) is 7.11 Å². The number of aromatic nitrogens is 1. The van der Waals surface area contributed by atoms with Crippen LogP contribution in [0.15, 0.2) is 24.3 Å². The summed E-state index contributed by atoms with van der Waals surface area (Å²) in [5.41, 5.74) is 2.34. The zero-order valence-corrected chi connectivity index (χ0v) is 9.73. The largest absolute Gasteiger partial charge is 0.494 e. The van der Waals surface area contributed by atoms with Crippen molar-refractivity contribution in [3.63, 3.8) is 0 Å².